The number of nitrogens with one attached hydrogen (secondary N) is 2. The third kappa shape index (κ3) is 4.86. The van der Waals surface area contributed by atoms with E-state index in [2.05, 4.69) is 5.32 Å². The van der Waals surface area contributed by atoms with Crippen LogP contribution >= 0.6 is 11.8 Å². The molecular weight excluding hydrogens is 338 g/mol. The molecule has 0 heterocycles. The first-order valence-corrected chi connectivity index (χ1v) is 9.03. The predicted octanol–water partition coefficient (Wildman–Crippen LogP) is 1.91. The summed E-state index contributed by atoms with van der Waals surface area (Å²) in [7, 11) is 3.59. The lowest BCUT2D eigenvalue weighted by Gasteiger charge is -2.13. The van der Waals surface area contributed by atoms with E-state index in [1.165, 1.54) is 12.1 Å². The average molecular weight is 358 g/mol. The van der Waals surface area contributed by atoms with E-state index in [-0.39, 0.29) is 10.7 Å². The summed E-state index contributed by atoms with van der Waals surface area (Å²) >= 11 is 1.12. The van der Waals surface area contributed by atoms with Gasteiger partial charge in [0.2, 0.25) is 0 Å². The number of hydrogen-bond acceptors (Lipinski definition) is 4. The molecule has 0 aromatic heterocycles. The van der Waals surface area contributed by atoms with E-state index in [9.17, 15) is 9.18 Å². The quantitative estimate of drug-likeness (QED) is 0.488. The third-order valence-corrected chi connectivity index (χ3v) is 4.39. The molecule has 0 atom stereocenters. The van der Waals surface area contributed by atoms with Gasteiger partial charge in [0, 0.05) is 11.1 Å². The number of aryl methyl sites for hydroxylation is 1. The van der Waals surface area contributed by atoms with Crippen LogP contribution in [0, 0.1) is 11.2 Å². The van der Waals surface area contributed by atoms with E-state index in [1.807, 2.05) is 26.0 Å². The van der Waals surface area contributed by atoms with Gasteiger partial charge in [0.1, 0.15) is 19.4 Å². The van der Waals surface area contributed by atoms with Crippen molar-refractivity contribution >= 4 is 36.1 Å². The van der Waals surface area contributed by atoms with E-state index in [0.717, 1.165) is 28.5 Å². The highest BCUT2D eigenvalue weighted by Crippen LogP contribution is 2.21. The lowest BCUT2D eigenvalue weighted by Crippen LogP contribution is -2.28. The van der Waals surface area contributed by atoms with Gasteiger partial charge in [0.15, 0.2) is 5.17 Å². The summed E-state index contributed by atoms with van der Waals surface area (Å²) in [5, 5.41) is 10.1. The first kappa shape index (κ1) is 19.1. The molecule has 2 aromatic rings. The molecule has 0 aliphatic heterocycles. The molecule has 0 radical (unpaired) electrons. The normalized spacial score (nSPS) is 10.4. The zero-order chi connectivity index (χ0) is 18.4. The maximum Gasteiger partial charge on any atom is 0.257 e. The molecule has 1 amide bonds. The number of benzene rings is 2. The van der Waals surface area contributed by atoms with Crippen LogP contribution in [-0.2, 0) is 12.8 Å². The SMILES string of the molecule is Bc1ccc(OC)c(CCc2c(F)cccc2C(=O)NC(=N)SC)c1. The van der Waals surface area contributed by atoms with Crippen LogP contribution in [-0.4, -0.2) is 32.3 Å². The van der Waals surface area contributed by atoms with Crippen LogP contribution in [0.2, 0.25) is 0 Å². The summed E-state index contributed by atoms with van der Waals surface area (Å²) in [5.74, 6) is -0.142. The summed E-state index contributed by atoms with van der Waals surface area (Å²) in [5.41, 5.74) is 2.66. The average Bonchev–Trinajstić information content (AvgIpc) is 2.60. The van der Waals surface area contributed by atoms with Gasteiger partial charge in [-0.2, -0.15) is 0 Å². The first-order valence-electron chi connectivity index (χ1n) is 7.81. The third-order valence-electron chi connectivity index (χ3n) is 3.87. The molecule has 2 rings (SSSR count). The van der Waals surface area contributed by atoms with Crippen molar-refractivity contribution in [1.82, 2.24) is 5.32 Å². The molecule has 130 valence electrons. The van der Waals surface area contributed by atoms with Gasteiger partial charge in [-0.05, 0) is 42.9 Å². The van der Waals surface area contributed by atoms with Crippen molar-refractivity contribution in [2.24, 2.45) is 0 Å². The Morgan fingerprint density at radius 3 is 2.76 bits per heavy atom. The van der Waals surface area contributed by atoms with Gasteiger partial charge in [0.05, 0.1) is 7.11 Å². The monoisotopic (exact) mass is 358 g/mol. The topological polar surface area (TPSA) is 62.2 Å². The molecule has 0 fully saturated rings. The number of amides is 1. The van der Waals surface area contributed by atoms with Crippen molar-refractivity contribution in [1.29, 1.82) is 5.41 Å². The largest absolute Gasteiger partial charge is 0.496 e. The Balaban J connectivity index is 2.26. The Morgan fingerprint density at radius 2 is 2.08 bits per heavy atom. The fourth-order valence-corrected chi connectivity index (χ4v) is 2.80. The molecule has 0 saturated carbocycles. The van der Waals surface area contributed by atoms with Gasteiger partial charge < -0.3 is 10.1 Å². The zero-order valence-electron chi connectivity index (χ0n) is 14.5. The number of ether oxygens (including phenoxy) is 1. The van der Waals surface area contributed by atoms with Crippen molar-refractivity contribution in [3.63, 3.8) is 0 Å². The van der Waals surface area contributed by atoms with E-state index in [0.29, 0.717) is 18.4 Å². The molecule has 0 unspecified atom stereocenters. The molecule has 0 aliphatic carbocycles. The minimum absolute atomic E-state index is 0.0283. The Hall–Kier alpha value is -2.28. The van der Waals surface area contributed by atoms with Gasteiger partial charge >= 0.3 is 0 Å². The Labute approximate surface area is 152 Å². The Morgan fingerprint density at radius 1 is 1.32 bits per heavy atom. The van der Waals surface area contributed by atoms with Crippen LogP contribution in [0.25, 0.3) is 0 Å². The number of methoxy groups -OCH3 is 1. The van der Waals surface area contributed by atoms with Crippen LogP contribution in [0.1, 0.15) is 21.5 Å². The molecule has 2 aromatic carbocycles. The van der Waals surface area contributed by atoms with Gasteiger partial charge in [-0.15, -0.1) is 0 Å². The lowest BCUT2D eigenvalue weighted by molar-refractivity contribution is 0.0976. The number of carbonyl (C=O) groups is 1. The summed E-state index contributed by atoms with van der Waals surface area (Å²) in [6.07, 6.45) is 2.60. The van der Waals surface area contributed by atoms with E-state index in [1.54, 1.807) is 19.4 Å². The van der Waals surface area contributed by atoms with Crippen molar-refractivity contribution in [3.05, 3.63) is 58.9 Å². The van der Waals surface area contributed by atoms with Crippen molar-refractivity contribution in [3.8, 4) is 5.75 Å². The van der Waals surface area contributed by atoms with Crippen molar-refractivity contribution < 1.29 is 13.9 Å². The van der Waals surface area contributed by atoms with E-state index >= 15 is 0 Å². The molecule has 0 bridgehead atoms. The Bertz CT molecular complexity index is 799. The van der Waals surface area contributed by atoms with Crippen LogP contribution in [0.4, 0.5) is 4.39 Å². The number of rotatable bonds is 5. The van der Waals surface area contributed by atoms with Crippen molar-refractivity contribution in [2.45, 2.75) is 12.8 Å². The standard InChI is InChI=1S/C18H20BFN2O2S/c1-24-16-9-7-12(19)10-11(16)6-8-13-14(4-3-5-15(13)20)17(23)22-18(21)25-2/h3-5,7,9-10H,6,8,19H2,1-2H3,(H2,21,22,23). The second kappa shape index (κ2) is 8.71. The molecule has 7 heteroatoms. The number of hydrogen-bond donors (Lipinski definition) is 2. The predicted molar refractivity (Wildman–Crippen MR) is 104 cm³/mol. The van der Waals surface area contributed by atoms with Crippen LogP contribution in [0.5, 0.6) is 5.75 Å². The molecule has 4 nitrogen and oxygen atoms in total. The highest BCUT2D eigenvalue weighted by molar-refractivity contribution is 8.13. The fraction of sp³-hybridized carbons (Fsp3) is 0.222. The van der Waals surface area contributed by atoms with Crippen molar-refractivity contribution in [2.75, 3.05) is 13.4 Å². The summed E-state index contributed by atoms with van der Waals surface area (Å²) in [4.78, 5) is 12.3. The van der Waals surface area contributed by atoms with Crippen LogP contribution < -0.4 is 15.5 Å². The zero-order valence-corrected chi connectivity index (χ0v) is 15.3. The van der Waals surface area contributed by atoms with Gasteiger partial charge in [-0.1, -0.05) is 35.4 Å². The highest BCUT2D eigenvalue weighted by Gasteiger charge is 2.16. The number of thioether (sulfide) groups is 1. The Kier molecular flexibility index (Phi) is 6.64. The van der Waals surface area contributed by atoms with E-state index in [4.69, 9.17) is 10.1 Å². The molecule has 0 aliphatic rings. The van der Waals surface area contributed by atoms with E-state index < -0.39 is 11.7 Å². The van der Waals surface area contributed by atoms with Crippen LogP contribution in [0.15, 0.2) is 36.4 Å². The fourth-order valence-electron chi connectivity index (χ4n) is 2.61. The number of amidine groups is 1. The second-order valence-electron chi connectivity index (χ2n) is 5.57. The van der Waals surface area contributed by atoms with Gasteiger partial charge in [-0.3, -0.25) is 10.2 Å². The first-order chi connectivity index (χ1) is 12.0. The summed E-state index contributed by atoms with van der Waals surface area (Å²) in [6.45, 7) is 0. The summed E-state index contributed by atoms with van der Waals surface area (Å²) < 4.78 is 19.7. The molecular formula is C18H20BFN2O2S. The highest BCUT2D eigenvalue weighted by atomic mass is 32.2. The molecule has 25 heavy (non-hydrogen) atoms. The summed E-state index contributed by atoms with van der Waals surface area (Å²) in [6, 6.07) is 10.3. The second-order valence-corrected chi connectivity index (χ2v) is 6.39. The van der Waals surface area contributed by atoms with Gasteiger partial charge in [-0.25, -0.2) is 4.39 Å². The smallest absolute Gasteiger partial charge is 0.257 e. The lowest BCUT2D eigenvalue weighted by atomic mass is 9.91. The minimum Gasteiger partial charge on any atom is -0.496 e. The molecule has 0 saturated heterocycles. The molecule has 0 spiro atoms. The maximum atomic E-state index is 14.3. The number of halogens is 1. The molecule has 2 N–H and O–H groups in total. The van der Waals surface area contributed by atoms with Crippen LogP contribution in [0.3, 0.4) is 0 Å². The van der Waals surface area contributed by atoms with Gasteiger partial charge in [0.25, 0.3) is 5.91 Å². The maximum absolute atomic E-state index is 14.3. The minimum atomic E-state index is -0.468. The number of carbonyl (C=O) groups excluding carboxylic acids is 1.